The van der Waals surface area contributed by atoms with E-state index in [2.05, 4.69) is 17.4 Å². The van der Waals surface area contributed by atoms with Crippen LogP contribution in [0.4, 0.5) is 4.79 Å². The van der Waals surface area contributed by atoms with Gasteiger partial charge in [-0.3, -0.25) is 0 Å². The van der Waals surface area contributed by atoms with E-state index < -0.39 is 11.7 Å². The average Bonchev–Trinajstić information content (AvgIpc) is 3.27. The maximum Gasteiger partial charge on any atom is 0.407 e. The Balaban J connectivity index is 1.49. The summed E-state index contributed by atoms with van der Waals surface area (Å²) in [6, 6.07) is -0.181. The molecule has 1 aromatic heterocycles. The van der Waals surface area contributed by atoms with E-state index in [0.29, 0.717) is 17.7 Å². The highest BCUT2D eigenvalue weighted by Crippen LogP contribution is 2.45. The molecular weight excluding hydrogens is 334 g/mol. The third kappa shape index (κ3) is 3.46. The minimum atomic E-state index is -0.533. The van der Waals surface area contributed by atoms with E-state index in [0.717, 1.165) is 31.5 Å². The topological polar surface area (TPSA) is 86.5 Å². The molecule has 4 rings (SSSR count). The van der Waals surface area contributed by atoms with E-state index >= 15 is 0 Å². The van der Waals surface area contributed by atoms with Gasteiger partial charge in [0.2, 0.25) is 5.89 Å². The van der Waals surface area contributed by atoms with Crippen LogP contribution in [0.1, 0.15) is 83.3 Å². The molecule has 2 aliphatic heterocycles. The summed E-state index contributed by atoms with van der Waals surface area (Å²) >= 11 is 0. The molecule has 3 aliphatic rings. The second kappa shape index (κ2) is 6.51. The number of aromatic nitrogens is 2. The van der Waals surface area contributed by atoms with Gasteiger partial charge in [0.15, 0.2) is 5.82 Å². The Bertz CT molecular complexity index is 668. The number of nitrogens with one attached hydrogen (secondary N) is 1. The fourth-order valence-corrected chi connectivity index (χ4v) is 4.61. The Morgan fingerprint density at radius 1 is 1.19 bits per heavy atom. The van der Waals surface area contributed by atoms with Gasteiger partial charge in [-0.05, 0) is 58.8 Å². The van der Waals surface area contributed by atoms with E-state index in [1.165, 1.54) is 6.42 Å². The third-order valence-corrected chi connectivity index (χ3v) is 5.76. The number of nitrogens with zero attached hydrogens (tertiary/aromatic N) is 2. The minimum absolute atomic E-state index is 0.0145. The molecule has 0 aromatic carbocycles. The molecular formula is C19H29N3O4. The number of ether oxygens (including phenoxy) is 2. The first-order chi connectivity index (χ1) is 12.3. The zero-order chi connectivity index (χ0) is 18.5. The van der Waals surface area contributed by atoms with E-state index in [9.17, 15) is 4.79 Å². The van der Waals surface area contributed by atoms with Crippen LogP contribution >= 0.6 is 0 Å². The standard InChI is InChI=1S/C19H29N3O4/c1-10-5-6-11(9-10)16-21-17(26-22-16)14-12-7-8-13(24-12)15(14)20-18(23)25-19(2,3)4/h10-15H,5-9H2,1-4H3,(H,20,23)/t10?,11?,12-,13+,14-,15+/m0/s1. The van der Waals surface area contributed by atoms with E-state index in [1.807, 2.05) is 20.8 Å². The van der Waals surface area contributed by atoms with Gasteiger partial charge in [-0.25, -0.2) is 4.79 Å². The number of hydrogen-bond acceptors (Lipinski definition) is 6. The number of amides is 1. The number of carbonyl (C=O) groups is 1. The zero-order valence-corrected chi connectivity index (χ0v) is 16.0. The number of rotatable bonds is 3. The summed E-state index contributed by atoms with van der Waals surface area (Å²) in [6.45, 7) is 7.84. The fourth-order valence-electron chi connectivity index (χ4n) is 4.61. The van der Waals surface area contributed by atoms with Gasteiger partial charge in [0.25, 0.3) is 0 Å². The summed E-state index contributed by atoms with van der Waals surface area (Å²) in [5.41, 5.74) is -0.533. The van der Waals surface area contributed by atoms with Crippen molar-refractivity contribution >= 4 is 6.09 Å². The highest BCUT2D eigenvalue weighted by atomic mass is 16.6. The Morgan fingerprint density at radius 3 is 2.65 bits per heavy atom. The van der Waals surface area contributed by atoms with E-state index in [-0.39, 0.29) is 24.2 Å². The van der Waals surface area contributed by atoms with Crippen molar-refractivity contribution in [3.8, 4) is 0 Å². The zero-order valence-electron chi connectivity index (χ0n) is 16.0. The van der Waals surface area contributed by atoms with Crippen LogP contribution in [0.2, 0.25) is 0 Å². The van der Waals surface area contributed by atoms with Gasteiger partial charge in [-0.15, -0.1) is 0 Å². The van der Waals surface area contributed by atoms with Crippen molar-refractivity contribution in [2.24, 2.45) is 5.92 Å². The summed E-state index contributed by atoms with van der Waals surface area (Å²) < 4.78 is 17.1. The summed E-state index contributed by atoms with van der Waals surface area (Å²) in [7, 11) is 0. The van der Waals surface area contributed by atoms with Crippen LogP contribution in [-0.2, 0) is 9.47 Å². The van der Waals surface area contributed by atoms with Crippen molar-refractivity contribution in [2.45, 2.75) is 95.5 Å². The smallest absolute Gasteiger partial charge is 0.407 e. The first-order valence-corrected chi connectivity index (χ1v) is 9.78. The van der Waals surface area contributed by atoms with Crippen LogP contribution in [0.25, 0.3) is 0 Å². The van der Waals surface area contributed by atoms with Gasteiger partial charge in [0.1, 0.15) is 5.60 Å². The van der Waals surface area contributed by atoms with Crippen molar-refractivity contribution in [3.63, 3.8) is 0 Å². The summed E-state index contributed by atoms with van der Waals surface area (Å²) in [5.74, 6) is 2.41. The van der Waals surface area contributed by atoms with Gasteiger partial charge in [0, 0.05) is 5.92 Å². The molecule has 3 heterocycles. The predicted octanol–water partition coefficient (Wildman–Crippen LogP) is 3.51. The molecule has 7 heteroatoms. The van der Waals surface area contributed by atoms with Gasteiger partial charge in [-0.1, -0.05) is 12.1 Å². The molecule has 0 radical (unpaired) electrons. The van der Waals surface area contributed by atoms with E-state index in [1.54, 1.807) is 0 Å². The lowest BCUT2D eigenvalue weighted by atomic mass is 9.84. The quantitative estimate of drug-likeness (QED) is 0.884. The SMILES string of the molecule is CC1CCC(c2noc([C@@H]3[C@H](NC(=O)OC(C)(C)C)[C@H]4CC[C@@H]3O4)n2)C1. The highest BCUT2D eigenvalue weighted by molar-refractivity contribution is 5.68. The molecule has 144 valence electrons. The lowest BCUT2D eigenvalue weighted by Crippen LogP contribution is -2.47. The van der Waals surface area contributed by atoms with Gasteiger partial charge < -0.3 is 19.3 Å². The molecule has 1 amide bonds. The molecule has 7 nitrogen and oxygen atoms in total. The predicted molar refractivity (Wildman–Crippen MR) is 93.8 cm³/mol. The third-order valence-electron chi connectivity index (χ3n) is 5.76. The highest BCUT2D eigenvalue weighted by Gasteiger charge is 2.53. The van der Waals surface area contributed by atoms with Crippen LogP contribution in [0, 0.1) is 5.92 Å². The summed E-state index contributed by atoms with van der Waals surface area (Å²) in [5, 5.41) is 7.24. The molecule has 3 fully saturated rings. The lowest BCUT2D eigenvalue weighted by molar-refractivity contribution is 0.0459. The van der Waals surface area contributed by atoms with Gasteiger partial charge in [-0.2, -0.15) is 4.98 Å². The van der Waals surface area contributed by atoms with Gasteiger partial charge in [0.05, 0.1) is 24.2 Å². The van der Waals surface area contributed by atoms with Gasteiger partial charge >= 0.3 is 6.09 Å². The summed E-state index contributed by atoms with van der Waals surface area (Å²) in [4.78, 5) is 17.0. The van der Waals surface area contributed by atoms with Crippen LogP contribution in [-0.4, -0.2) is 40.1 Å². The molecule has 1 N–H and O–H groups in total. The number of alkyl carbamates (subject to hydrolysis) is 1. The number of hydrogen-bond donors (Lipinski definition) is 1. The van der Waals surface area contributed by atoms with Crippen molar-refractivity contribution < 1.29 is 18.8 Å². The van der Waals surface area contributed by atoms with Crippen LogP contribution in [0.5, 0.6) is 0 Å². The monoisotopic (exact) mass is 363 g/mol. The Hall–Kier alpha value is -1.63. The maximum atomic E-state index is 12.3. The Labute approximate surface area is 154 Å². The normalized spacial score (nSPS) is 36.5. The maximum absolute atomic E-state index is 12.3. The molecule has 2 unspecified atom stereocenters. The first kappa shape index (κ1) is 17.8. The lowest BCUT2D eigenvalue weighted by Gasteiger charge is -2.28. The molecule has 2 bridgehead atoms. The van der Waals surface area contributed by atoms with Crippen LogP contribution in [0.15, 0.2) is 4.52 Å². The van der Waals surface area contributed by atoms with Crippen molar-refractivity contribution in [3.05, 3.63) is 11.7 Å². The molecule has 6 atom stereocenters. The van der Waals surface area contributed by atoms with Crippen molar-refractivity contribution in [2.75, 3.05) is 0 Å². The molecule has 26 heavy (non-hydrogen) atoms. The average molecular weight is 363 g/mol. The second-order valence-electron chi connectivity index (χ2n) is 9.09. The largest absolute Gasteiger partial charge is 0.444 e. The Morgan fingerprint density at radius 2 is 1.96 bits per heavy atom. The first-order valence-electron chi connectivity index (χ1n) is 9.78. The van der Waals surface area contributed by atoms with Crippen LogP contribution in [0.3, 0.4) is 0 Å². The number of carbonyl (C=O) groups excluding carboxylic acids is 1. The number of fused-ring (bicyclic) bond motifs is 2. The molecule has 0 spiro atoms. The molecule has 1 aliphatic carbocycles. The van der Waals surface area contributed by atoms with Crippen LogP contribution < -0.4 is 5.32 Å². The van der Waals surface area contributed by atoms with Crippen molar-refractivity contribution in [1.29, 1.82) is 0 Å². The minimum Gasteiger partial charge on any atom is -0.444 e. The summed E-state index contributed by atoms with van der Waals surface area (Å²) in [6.07, 6.45) is 4.93. The molecule has 1 saturated carbocycles. The molecule has 2 saturated heterocycles. The fraction of sp³-hybridized carbons (Fsp3) is 0.842. The Kier molecular flexibility index (Phi) is 4.45. The van der Waals surface area contributed by atoms with Crippen molar-refractivity contribution in [1.82, 2.24) is 15.5 Å². The molecule has 1 aromatic rings. The van der Waals surface area contributed by atoms with E-state index in [4.69, 9.17) is 19.0 Å². The second-order valence-corrected chi connectivity index (χ2v) is 9.09.